The maximum atomic E-state index is 13.2. The number of hydrogen-bond acceptors (Lipinski definition) is 2. The Morgan fingerprint density at radius 1 is 1.29 bits per heavy atom. The fourth-order valence-corrected chi connectivity index (χ4v) is 2.81. The predicted octanol–water partition coefficient (Wildman–Crippen LogP) is 3.56. The van der Waals surface area contributed by atoms with Crippen LogP contribution in [0.2, 0.25) is 0 Å². The summed E-state index contributed by atoms with van der Waals surface area (Å²) in [5.41, 5.74) is 4.92. The van der Waals surface area contributed by atoms with E-state index in [1.807, 2.05) is 18.5 Å². The van der Waals surface area contributed by atoms with Gasteiger partial charge < -0.3 is 5.11 Å². The number of hydrogen-bond donors (Lipinski definition) is 1. The summed E-state index contributed by atoms with van der Waals surface area (Å²) in [6.07, 6.45) is 1.09. The largest absolute Gasteiger partial charge is 0.389 e. The van der Waals surface area contributed by atoms with Gasteiger partial charge in [-0.3, -0.25) is 4.68 Å². The number of aryl methyl sites for hydroxylation is 2. The molecule has 0 aliphatic carbocycles. The van der Waals surface area contributed by atoms with Gasteiger partial charge in [0.25, 0.3) is 0 Å². The van der Waals surface area contributed by atoms with Crippen LogP contribution < -0.4 is 0 Å². The van der Waals surface area contributed by atoms with Crippen LogP contribution in [0.15, 0.2) is 18.2 Å². The highest BCUT2D eigenvalue weighted by molar-refractivity contribution is 5.31. The van der Waals surface area contributed by atoms with Crippen molar-refractivity contribution >= 4 is 0 Å². The third-order valence-electron chi connectivity index (χ3n) is 3.89. The Hall–Kier alpha value is -1.68. The molecule has 1 heterocycles. The van der Waals surface area contributed by atoms with Crippen LogP contribution in [0, 0.1) is 12.7 Å². The Balaban J connectivity index is 2.44. The van der Waals surface area contributed by atoms with Crippen molar-refractivity contribution < 1.29 is 9.50 Å². The first-order valence-electron chi connectivity index (χ1n) is 7.49. The molecule has 0 bridgehead atoms. The van der Waals surface area contributed by atoms with Gasteiger partial charge in [0.15, 0.2) is 0 Å². The van der Waals surface area contributed by atoms with Crippen LogP contribution in [0.25, 0.3) is 0 Å². The number of aliphatic hydroxyl groups is 1. The molecule has 1 N–H and O–H groups in total. The monoisotopic (exact) mass is 290 g/mol. The Labute approximate surface area is 125 Å². The molecule has 21 heavy (non-hydrogen) atoms. The summed E-state index contributed by atoms with van der Waals surface area (Å²) in [4.78, 5) is 0. The first-order chi connectivity index (χ1) is 9.97. The van der Waals surface area contributed by atoms with E-state index >= 15 is 0 Å². The van der Waals surface area contributed by atoms with Crippen LogP contribution in [0.4, 0.5) is 4.39 Å². The van der Waals surface area contributed by atoms with Crippen LogP contribution in [0.1, 0.15) is 55.0 Å². The number of aromatic nitrogens is 2. The van der Waals surface area contributed by atoms with Crippen molar-refractivity contribution in [3.63, 3.8) is 0 Å². The van der Waals surface area contributed by atoms with E-state index in [9.17, 15) is 9.50 Å². The lowest BCUT2D eigenvalue weighted by Gasteiger charge is -2.11. The molecular weight excluding hydrogens is 267 g/mol. The number of aliphatic hydroxyl groups excluding tert-OH is 1. The number of halogens is 1. The highest BCUT2D eigenvalue weighted by Crippen LogP contribution is 2.24. The Kier molecular flexibility index (Phi) is 4.78. The molecule has 1 aromatic heterocycles. The van der Waals surface area contributed by atoms with E-state index in [0.29, 0.717) is 6.54 Å². The van der Waals surface area contributed by atoms with Gasteiger partial charge in [0, 0.05) is 11.3 Å². The summed E-state index contributed by atoms with van der Waals surface area (Å²) in [7, 11) is 0. The minimum atomic E-state index is -0.516. The Bertz CT molecular complexity index is 632. The zero-order valence-electron chi connectivity index (χ0n) is 13.2. The summed E-state index contributed by atoms with van der Waals surface area (Å²) in [5.74, 6) is -0.216. The minimum absolute atomic E-state index is 0.216. The summed E-state index contributed by atoms with van der Waals surface area (Å²) in [6.45, 7) is 8.40. The maximum absolute atomic E-state index is 13.2. The number of rotatable bonds is 5. The molecule has 0 spiro atoms. The van der Waals surface area contributed by atoms with Crippen molar-refractivity contribution in [3.8, 4) is 0 Å². The third kappa shape index (κ3) is 3.16. The van der Waals surface area contributed by atoms with Gasteiger partial charge >= 0.3 is 0 Å². The molecule has 0 radical (unpaired) electrons. The molecule has 0 saturated heterocycles. The fourth-order valence-electron chi connectivity index (χ4n) is 2.81. The number of benzene rings is 1. The zero-order valence-corrected chi connectivity index (χ0v) is 13.2. The highest BCUT2D eigenvalue weighted by Gasteiger charge is 2.19. The topological polar surface area (TPSA) is 38.0 Å². The van der Waals surface area contributed by atoms with E-state index < -0.39 is 6.10 Å². The smallest absolute Gasteiger partial charge is 0.123 e. The van der Waals surface area contributed by atoms with Crippen molar-refractivity contribution in [3.05, 3.63) is 52.1 Å². The summed E-state index contributed by atoms with van der Waals surface area (Å²) in [6, 6.07) is 4.83. The second-order valence-electron chi connectivity index (χ2n) is 5.42. The lowest BCUT2D eigenvalue weighted by Crippen LogP contribution is -2.08. The normalized spacial score (nSPS) is 12.7. The van der Waals surface area contributed by atoms with E-state index in [-0.39, 0.29) is 5.82 Å². The Morgan fingerprint density at radius 3 is 2.52 bits per heavy atom. The molecule has 4 heteroatoms. The van der Waals surface area contributed by atoms with Crippen LogP contribution in [0.3, 0.4) is 0 Å². The van der Waals surface area contributed by atoms with E-state index in [1.54, 1.807) is 19.1 Å². The molecule has 0 fully saturated rings. The van der Waals surface area contributed by atoms with Gasteiger partial charge in [0.05, 0.1) is 18.3 Å². The average Bonchev–Trinajstić information content (AvgIpc) is 2.79. The van der Waals surface area contributed by atoms with Crippen molar-refractivity contribution in [2.24, 2.45) is 0 Å². The molecule has 0 aliphatic rings. The molecule has 0 saturated carbocycles. The van der Waals surface area contributed by atoms with E-state index in [0.717, 1.165) is 40.9 Å². The van der Waals surface area contributed by atoms with Crippen molar-refractivity contribution in [2.45, 2.75) is 53.2 Å². The van der Waals surface area contributed by atoms with E-state index in [2.05, 4.69) is 12.0 Å². The summed E-state index contributed by atoms with van der Waals surface area (Å²) < 4.78 is 15.2. The first kappa shape index (κ1) is 15.7. The molecule has 3 nitrogen and oxygen atoms in total. The molecule has 114 valence electrons. The molecular formula is C17H23FN2O. The Morgan fingerprint density at radius 2 is 2.00 bits per heavy atom. The summed E-state index contributed by atoms with van der Waals surface area (Å²) in [5, 5.41) is 14.7. The molecule has 0 amide bonds. The van der Waals surface area contributed by atoms with Crippen molar-refractivity contribution in [1.29, 1.82) is 0 Å². The predicted molar refractivity (Wildman–Crippen MR) is 81.9 cm³/mol. The van der Waals surface area contributed by atoms with Crippen molar-refractivity contribution in [1.82, 2.24) is 9.78 Å². The average molecular weight is 290 g/mol. The molecule has 0 aliphatic heterocycles. The number of nitrogens with zero attached hydrogens (tertiary/aromatic N) is 2. The van der Waals surface area contributed by atoms with E-state index in [4.69, 9.17) is 0 Å². The molecule has 1 aromatic carbocycles. The minimum Gasteiger partial charge on any atom is -0.389 e. The highest BCUT2D eigenvalue weighted by atomic mass is 19.1. The lowest BCUT2D eigenvalue weighted by atomic mass is 10.0. The van der Waals surface area contributed by atoms with Gasteiger partial charge in [-0.05, 0) is 49.9 Å². The van der Waals surface area contributed by atoms with Gasteiger partial charge in [-0.15, -0.1) is 0 Å². The first-order valence-corrected chi connectivity index (χ1v) is 7.49. The van der Waals surface area contributed by atoms with Gasteiger partial charge in [0.2, 0.25) is 0 Å². The van der Waals surface area contributed by atoms with Crippen molar-refractivity contribution in [2.75, 3.05) is 0 Å². The van der Waals surface area contributed by atoms with Gasteiger partial charge in [-0.2, -0.15) is 5.10 Å². The van der Waals surface area contributed by atoms with Gasteiger partial charge in [-0.25, -0.2) is 4.39 Å². The quantitative estimate of drug-likeness (QED) is 0.914. The second-order valence-corrected chi connectivity index (χ2v) is 5.42. The lowest BCUT2D eigenvalue weighted by molar-refractivity contribution is 0.197. The van der Waals surface area contributed by atoms with Crippen LogP contribution in [-0.4, -0.2) is 14.9 Å². The molecule has 2 aromatic rings. The van der Waals surface area contributed by atoms with Gasteiger partial charge in [-0.1, -0.05) is 19.9 Å². The van der Waals surface area contributed by atoms with Crippen LogP contribution >= 0.6 is 0 Å². The molecule has 1 atom stereocenters. The van der Waals surface area contributed by atoms with Crippen LogP contribution in [0.5, 0.6) is 0 Å². The maximum Gasteiger partial charge on any atom is 0.123 e. The zero-order chi connectivity index (χ0) is 15.6. The third-order valence-corrected chi connectivity index (χ3v) is 3.89. The fraction of sp³-hybridized carbons (Fsp3) is 0.471. The summed E-state index contributed by atoms with van der Waals surface area (Å²) >= 11 is 0. The second kappa shape index (κ2) is 6.39. The molecule has 1 unspecified atom stereocenters. The SMILES string of the molecule is CCc1nn(Cc2ccc(F)cc2C)c(CC)c1C(C)O. The van der Waals surface area contributed by atoms with E-state index in [1.165, 1.54) is 6.07 Å². The molecule has 2 rings (SSSR count). The standard InChI is InChI=1S/C17H23FN2O/c1-5-15-17(12(4)21)16(6-2)20(19-15)10-13-7-8-14(18)9-11(13)3/h7-9,12,21H,5-6,10H2,1-4H3. The van der Waals surface area contributed by atoms with Gasteiger partial charge in [0.1, 0.15) is 5.82 Å². The van der Waals surface area contributed by atoms with Crippen LogP contribution in [-0.2, 0) is 19.4 Å².